The van der Waals surface area contributed by atoms with E-state index < -0.39 is 0 Å². The molecule has 0 aromatic heterocycles. The van der Waals surface area contributed by atoms with E-state index in [9.17, 15) is 0 Å². The number of halogens is 1. The van der Waals surface area contributed by atoms with Crippen LogP contribution < -0.4 is 17.0 Å². The first kappa shape index (κ1) is 35.0. The maximum Gasteiger partial charge on any atom is 0.0782 e. The monoisotopic (exact) mass is 669 g/mol. The zero-order valence-corrected chi connectivity index (χ0v) is 26.4. The van der Waals surface area contributed by atoms with E-state index in [1.807, 2.05) is 0 Å². The van der Waals surface area contributed by atoms with Crippen LogP contribution in [-0.2, 0) is 0 Å². The zero-order valence-electron chi connectivity index (χ0n) is 20.9. The van der Waals surface area contributed by atoms with Crippen molar-refractivity contribution in [2.75, 3.05) is 27.2 Å². The Balaban J connectivity index is -0.00000338. The summed E-state index contributed by atoms with van der Waals surface area (Å²) in [6, 6.07) is 0. The van der Waals surface area contributed by atoms with E-state index in [0.717, 1.165) is 0 Å². The minimum Gasteiger partial charge on any atom is -1.00 e. The molecule has 0 saturated heterocycles. The van der Waals surface area contributed by atoms with E-state index in [1.165, 1.54) is 146 Å². The summed E-state index contributed by atoms with van der Waals surface area (Å²) < 4.78 is 1.24. The molecule has 0 bridgehead atoms. The van der Waals surface area contributed by atoms with Crippen LogP contribution in [0.1, 0.15) is 142 Å². The summed E-state index contributed by atoms with van der Waals surface area (Å²) >= 11 is 0. The zero-order chi connectivity index (χ0) is 20.1. The van der Waals surface area contributed by atoms with E-state index in [0.29, 0.717) is 0 Å². The van der Waals surface area contributed by atoms with Crippen molar-refractivity contribution in [3.63, 3.8) is 0 Å². The van der Waals surface area contributed by atoms with Gasteiger partial charge in [0.2, 0.25) is 0 Å². The van der Waals surface area contributed by atoms with Gasteiger partial charge in [0.15, 0.2) is 0 Å². The third-order valence-electron chi connectivity index (χ3n) is 6.23. The Morgan fingerprint density at radius 1 is 0.379 bits per heavy atom. The molecule has 4 radical (unpaired) electrons. The van der Waals surface area contributed by atoms with Gasteiger partial charge in [-0.15, -0.1) is 0 Å². The van der Waals surface area contributed by atoms with Gasteiger partial charge in [0.1, 0.15) is 0 Å². The molecule has 29 heavy (non-hydrogen) atoms. The number of rotatable bonds is 22. The fraction of sp³-hybridized carbons (Fsp3) is 1.00. The third kappa shape index (κ3) is 29.4. The van der Waals surface area contributed by atoms with Crippen LogP contribution in [0.15, 0.2) is 0 Å². The van der Waals surface area contributed by atoms with Gasteiger partial charge in [-0.2, -0.15) is 0 Å². The van der Waals surface area contributed by atoms with Crippen LogP contribution in [0.25, 0.3) is 0 Å². The largest absolute Gasteiger partial charge is 1.00 e. The first-order chi connectivity index (χ1) is 13.1. The molecule has 3 heteroatoms. The molecule has 0 heterocycles. The molecule has 0 atom stereocenters. The molecule has 0 aliphatic carbocycles. The summed E-state index contributed by atoms with van der Waals surface area (Å²) in [5, 5.41) is 0. The second-order valence-corrected chi connectivity index (χ2v) is 9.75. The summed E-state index contributed by atoms with van der Waals surface area (Å²) in [6.45, 7) is 7.37. The molecule has 176 valence electrons. The second-order valence-electron chi connectivity index (χ2n) is 9.75. The Hall–Kier alpha value is 1.36. The van der Waals surface area contributed by atoms with Crippen molar-refractivity contribution in [3.05, 3.63) is 0 Å². The number of hydrogen-bond donors (Lipinski definition) is 0. The minimum absolute atomic E-state index is 0. The molecule has 0 saturated carbocycles. The molecule has 0 aromatic rings. The Morgan fingerprint density at radius 3 is 0.828 bits per heavy atom. The maximum atomic E-state index is 2.45. The van der Waals surface area contributed by atoms with E-state index >= 15 is 0 Å². The number of quaternary nitrogens is 1. The summed E-state index contributed by atoms with van der Waals surface area (Å²) in [4.78, 5) is 0. The number of hydrogen-bond acceptors (Lipinski definition) is 0. The van der Waals surface area contributed by atoms with E-state index in [4.69, 9.17) is 0 Å². The molecule has 0 spiro atoms. The van der Waals surface area contributed by atoms with E-state index in [-0.39, 0.29) is 44.3 Å². The molecular formula is C26H56BrNPb. The second kappa shape index (κ2) is 27.4. The standard InChI is InChI=1S/C26H56N.BrH.Pb/c1-5-7-9-11-13-15-17-19-21-23-25-27(3,4)26-24-22-20-18-16-14-12-10-8-6-2;;/h5-26H2,1-4H3;1H;/q+1;;/p-1. The van der Waals surface area contributed by atoms with Crippen molar-refractivity contribution in [2.45, 2.75) is 142 Å². The summed E-state index contributed by atoms with van der Waals surface area (Å²) in [5.41, 5.74) is 0. The van der Waals surface area contributed by atoms with Gasteiger partial charge in [-0.3, -0.25) is 0 Å². The summed E-state index contributed by atoms with van der Waals surface area (Å²) in [6.07, 6.45) is 29.0. The van der Waals surface area contributed by atoms with Crippen molar-refractivity contribution in [1.29, 1.82) is 0 Å². The Morgan fingerprint density at radius 2 is 0.586 bits per heavy atom. The molecule has 1 nitrogen and oxygen atoms in total. The average Bonchev–Trinajstić information content (AvgIpc) is 2.64. The van der Waals surface area contributed by atoms with Crippen LogP contribution >= 0.6 is 0 Å². The van der Waals surface area contributed by atoms with Gasteiger partial charge in [-0.1, -0.05) is 117 Å². The quantitative estimate of drug-likeness (QED) is 0.0809. The van der Waals surface area contributed by atoms with Crippen LogP contribution in [0.2, 0.25) is 0 Å². The van der Waals surface area contributed by atoms with Gasteiger partial charge in [0, 0.05) is 27.3 Å². The van der Waals surface area contributed by atoms with Crippen LogP contribution in [0, 0.1) is 0 Å². The minimum atomic E-state index is 0. The normalized spacial score (nSPS) is 11.2. The molecule has 0 amide bonds. The number of nitrogens with zero attached hydrogens (tertiary/aromatic N) is 1. The Bertz CT molecular complexity index is 258. The third-order valence-corrected chi connectivity index (χ3v) is 6.23. The fourth-order valence-electron chi connectivity index (χ4n) is 4.17. The topological polar surface area (TPSA) is 0 Å². The molecule has 0 unspecified atom stereocenters. The van der Waals surface area contributed by atoms with Gasteiger partial charge in [0.05, 0.1) is 27.2 Å². The van der Waals surface area contributed by atoms with Gasteiger partial charge in [-0.05, 0) is 25.7 Å². The van der Waals surface area contributed by atoms with Gasteiger partial charge >= 0.3 is 0 Å². The van der Waals surface area contributed by atoms with Crippen LogP contribution in [0.3, 0.4) is 0 Å². The van der Waals surface area contributed by atoms with Crippen LogP contribution in [0.4, 0.5) is 0 Å². The Kier molecular flexibility index (Phi) is 33.0. The van der Waals surface area contributed by atoms with Crippen molar-refractivity contribution in [1.82, 2.24) is 0 Å². The molecule has 0 aromatic carbocycles. The summed E-state index contributed by atoms with van der Waals surface area (Å²) in [7, 11) is 4.89. The van der Waals surface area contributed by atoms with Crippen molar-refractivity contribution in [2.24, 2.45) is 0 Å². The number of unbranched alkanes of at least 4 members (excludes halogenated alkanes) is 18. The van der Waals surface area contributed by atoms with Crippen LogP contribution in [-0.4, -0.2) is 59.0 Å². The average molecular weight is 670 g/mol. The maximum absolute atomic E-state index is 2.45. The van der Waals surface area contributed by atoms with Crippen molar-refractivity contribution >= 4 is 27.3 Å². The van der Waals surface area contributed by atoms with E-state index in [1.54, 1.807) is 0 Å². The van der Waals surface area contributed by atoms with Crippen molar-refractivity contribution < 1.29 is 21.5 Å². The molecule has 0 N–H and O–H groups in total. The van der Waals surface area contributed by atoms with Crippen molar-refractivity contribution in [3.8, 4) is 0 Å². The molecule has 0 fully saturated rings. The predicted octanol–water partition coefficient (Wildman–Crippen LogP) is 5.53. The van der Waals surface area contributed by atoms with E-state index in [2.05, 4.69) is 27.9 Å². The molecule has 0 rings (SSSR count). The van der Waals surface area contributed by atoms with Gasteiger partial charge in [-0.25, -0.2) is 0 Å². The fourth-order valence-corrected chi connectivity index (χ4v) is 4.17. The SMILES string of the molecule is CCCCCCCCCCCC[N+](C)(C)CCCCCCCCCCCC.[Br-].[Pb]. The Labute approximate surface area is 217 Å². The molecule has 0 aliphatic heterocycles. The summed E-state index contributed by atoms with van der Waals surface area (Å²) in [5.74, 6) is 0. The predicted molar refractivity (Wildman–Crippen MR) is 131 cm³/mol. The molecule has 0 aliphatic rings. The first-order valence-electron chi connectivity index (χ1n) is 12.9. The van der Waals surface area contributed by atoms with Crippen LogP contribution in [0.5, 0.6) is 0 Å². The van der Waals surface area contributed by atoms with Gasteiger partial charge < -0.3 is 21.5 Å². The smallest absolute Gasteiger partial charge is 0.0782 e. The van der Waals surface area contributed by atoms with Gasteiger partial charge in [0.25, 0.3) is 0 Å². The molecular weight excluding hydrogens is 613 g/mol. The first-order valence-corrected chi connectivity index (χ1v) is 12.9.